The van der Waals surface area contributed by atoms with Gasteiger partial charge in [0.2, 0.25) is 11.9 Å². The van der Waals surface area contributed by atoms with Gasteiger partial charge in [-0.2, -0.15) is 4.39 Å². The number of ether oxygens (including phenoxy) is 1. The van der Waals surface area contributed by atoms with E-state index in [2.05, 4.69) is 30.9 Å². The molecule has 3 aromatic heterocycles. The fourth-order valence-corrected chi connectivity index (χ4v) is 3.27. The molecule has 3 heterocycles. The Morgan fingerprint density at radius 3 is 2.64 bits per heavy atom. The van der Waals surface area contributed by atoms with Crippen molar-refractivity contribution in [3.63, 3.8) is 0 Å². The van der Waals surface area contributed by atoms with E-state index in [0.717, 1.165) is 18.7 Å². The molecule has 3 atom stereocenters. The number of rotatable bonds is 6. The van der Waals surface area contributed by atoms with Gasteiger partial charge in [-0.3, -0.25) is 15.1 Å². The Labute approximate surface area is 187 Å². The van der Waals surface area contributed by atoms with Crippen molar-refractivity contribution in [2.75, 3.05) is 10.6 Å². The lowest BCUT2D eigenvalue weighted by Gasteiger charge is -2.15. The van der Waals surface area contributed by atoms with E-state index in [1.54, 1.807) is 19.2 Å². The van der Waals surface area contributed by atoms with Gasteiger partial charge < -0.3 is 10.1 Å². The largest absolute Gasteiger partial charge is 0.441 e. The first-order valence-electron chi connectivity index (χ1n) is 10.2. The molecule has 0 aromatic carbocycles. The molecule has 1 aliphatic rings. The van der Waals surface area contributed by atoms with Crippen LogP contribution in [0.5, 0.6) is 0 Å². The summed E-state index contributed by atoms with van der Waals surface area (Å²) in [5.74, 6) is -1.13. The summed E-state index contributed by atoms with van der Waals surface area (Å²) in [5, 5.41) is 13.2. The maximum Gasteiger partial charge on any atom is 0.413 e. The van der Waals surface area contributed by atoms with Crippen molar-refractivity contribution in [2.24, 2.45) is 18.9 Å². The molecule has 4 rings (SSSR count). The number of hydrogen-bond acceptors (Lipinski definition) is 7. The van der Waals surface area contributed by atoms with Gasteiger partial charge in [-0.1, -0.05) is 12.1 Å². The van der Waals surface area contributed by atoms with E-state index in [0.29, 0.717) is 17.3 Å². The molecule has 0 saturated heterocycles. The van der Waals surface area contributed by atoms with Gasteiger partial charge in [0.15, 0.2) is 11.5 Å². The minimum Gasteiger partial charge on any atom is -0.441 e. The third kappa shape index (κ3) is 4.94. The number of hydrogen-bond donors (Lipinski definition) is 2. The van der Waals surface area contributed by atoms with Crippen LogP contribution >= 0.6 is 0 Å². The number of nitrogens with one attached hydrogen (secondary N) is 2. The van der Waals surface area contributed by atoms with E-state index in [9.17, 15) is 18.4 Å². The van der Waals surface area contributed by atoms with Gasteiger partial charge in [0.25, 0.3) is 0 Å². The van der Waals surface area contributed by atoms with Gasteiger partial charge in [0.1, 0.15) is 11.9 Å². The van der Waals surface area contributed by atoms with E-state index in [1.165, 1.54) is 17.8 Å². The summed E-state index contributed by atoms with van der Waals surface area (Å²) >= 11 is 0. The van der Waals surface area contributed by atoms with E-state index in [4.69, 9.17) is 4.74 Å². The average molecular weight is 457 g/mol. The van der Waals surface area contributed by atoms with Crippen molar-refractivity contribution in [3.05, 3.63) is 47.9 Å². The second-order valence-corrected chi connectivity index (χ2v) is 7.86. The first-order valence-corrected chi connectivity index (χ1v) is 10.2. The third-order valence-corrected chi connectivity index (χ3v) is 5.32. The van der Waals surface area contributed by atoms with Crippen molar-refractivity contribution in [1.29, 1.82) is 0 Å². The zero-order valence-electron chi connectivity index (χ0n) is 18.0. The number of halogens is 2. The van der Waals surface area contributed by atoms with Crippen LogP contribution in [0.2, 0.25) is 0 Å². The SMILES string of the molecule is CC1CC1C(=O)Nc1ccc(-c2nnn(C)c2NC(=O)O[C@H](C)c2cc(F)cnc2F)nc1. The van der Waals surface area contributed by atoms with Crippen LogP contribution in [0.1, 0.15) is 31.9 Å². The highest BCUT2D eigenvalue weighted by molar-refractivity contribution is 5.94. The van der Waals surface area contributed by atoms with Crippen LogP contribution < -0.4 is 10.6 Å². The maximum absolute atomic E-state index is 13.8. The average Bonchev–Trinajstić information content (AvgIpc) is 3.41. The molecule has 2 N–H and O–H groups in total. The Bertz CT molecular complexity index is 1200. The first kappa shape index (κ1) is 22.2. The summed E-state index contributed by atoms with van der Waals surface area (Å²) in [6.07, 6.45) is 1.06. The van der Waals surface area contributed by atoms with Crippen molar-refractivity contribution in [2.45, 2.75) is 26.4 Å². The Kier molecular flexibility index (Phi) is 5.99. The summed E-state index contributed by atoms with van der Waals surface area (Å²) in [5.41, 5.74) is 0.993. The fraction of sp³-hybridized carbons (Fsp3) is 0.333. The fourth-order valence-electron chi connectivity index (χ4n) is 3.27. The number of pyridine rings is 2. The minimum atomic E-state index is -1.10. The second-order valence-electron chi connectivity index (χ2n) is 7.86. The molecule has 0 bridgehead atoms. The molecule has 0 spiro atoms. The molecule has 1 fully saturated rings. The molecule has 10 nitrogen and oxygen atoms in total. The number of aromatic nitrogens is 5. The summed E-state index contributed by atoms with van der Waals surface area (Å²) in [6.45, 7) is 3.41. The molecule has 12 heteroatoms. The Hall–Kier alpha value is -3.96. The van der Waals surface area contributed by atoms with Crippen LogP contribution in [0, 0.1) is 23.6 Å². The number of carbonyl (C=O) groups is 2. The molecular formula is C21H21F2N7O3. The summed E-state index contributed by atoms with van der Waals surface area (Å²) in [7, 11) is 1.55. The van der Waals surface area contributed by atoms with Gasteiger partial charge in [0.05, 0.1) is 29.3 Å². The normalized spacial score (nSPS) is 17.8. The second kappa shape index (κ2) is 8.88. The summed E-state index contributed by atoms with van der Waals surface area (Å²) in [6, 6.07) is 4.21. The standard InChI is InChI=1S/C21H21F2N7O3/c1-10-6-14(10)20(31)26-13-4-5-16(24-9-13)17-19(30(3)29-28-17)27-21(32)33-11(2)15-7-12(22)8-25-18(15)23/h4-5,7-11,14H,6H2,1-3H3,(H,26,31)(H,27,32)/t10?,11-,14?/m1/s1. The molecule has 2 amide bonds. The highest BCUT2D eigenvalue weighted by Gasteiger charge is 2.39. The van der Waals surface area contributed by atoms with Crippen molar-refractivity contribution in [3.8, 4) is 11.4 Å². The minimum absolute atomic E-state index is 0.0329. The molecule has 1 aliphatic carbocycles. The maximum atomic E-state index is 13.8. The number of nitrogens with zero attached hydrogens (tertiary/aromatic N) is 5. The van der Waals surface area contributed by atoms with Gasteiger partial charge in [0, 0.05) is 13.0 Å². The lowest BCUT2D eigenvalue weighted by Crippen LogP contribution is -2.19. The molecule has 0 aliphatic heterocycles. The number of anilines is 2. The van der Waals surface area contributed by atoms with E-state index >= 15 is 0 Å². The molecule has 33 heavy (non-hydrogen) atoms. The van der Waals surface area contributed by atoms with Crippen LogP contribution in [0.25, 0.3) is 11.4 Å². The van der Waals surface area contributed by atoms with Gasteiger partial charge >= 0.3 is 6.09 Å². The predicted molar refractivity (Wildman–Crippen MR) is 113 cm³/mol. The van der Waals surface area contributed by atoms with E-state index in [-0.39, 0.29) is 28.9 Å². The highest BCUT2D eigenvalue weighted by Crippen LogP contribution is 2.38. The van der Waals surface area contributed by atoms with Gasteiger partial charge in [-0.15, -0.1) is 5.10 Å². The summed E-state index contributed by atoms with van der Waals surface area (Å²) < 4.78 is 33.7. The molecule has 0 radical (unpaired) electrons. The molecule has 3 aromatic rings. The number of amides is 2. The third-order valence-electron chi connectivity index (χ3n) is 5.32. The zero-order chi connectivity index (χ0) is 23.7. The smallest absolute Gasteiger partial charge is 0.413 e. The first-order chi connectivity index (χ1) is 15.7. The van der Waals surface area contributed by atoms with Gasteiger partial charge in [-0.25, -0.2) is 18.9 Å². The topological polar surface area (TPSA) is 124 Å². The van der Waals surface area contributed by atoms with Gasteiger partial charge in [-0.05, 0) is 37.5 Å². The van der Waals surface area contributed by atoms with Crippen molar-refractivity contribution < 1.29 is 23.1 Å². The van der Waals surface area contributed by atoms with Crippen LogP contribution in [0.3, 0.4) is 0 Å². The van der Waals surface area contributed by atoms with Crippen molar-refractivity contribution in [1.82, 2.24) is 25.0 Å². The van der Waals surface area contributed by atoms with E-state index in [1.807, 2.05) is 6.92 Å². The molecule has 172 valence electrons. The Morgan fingerprint density at radius 2 is 1.97 bits per heavy atom. The Morgan fingerprint density at radius 1 is 1.21 bits per heavy atom. The van der Waals surface area contributed by atoms with Crippen LogP contribution in [0.15, 0.2) is 30.6 Å². The lowest BCUT2D eigenvalue weighted by atomic mass is 10.2. The Balaban J connectivity index is 1.44. The zero-order valence-corrected chi connectivity index (χ0v) is 18.0. The van der Waals surface area contributed by atoms with Crippen LogP contribution in [-0.4, -0.2) is 37.0 Å². The highest BCUT2D eigenvalue weighted by atomic mass is 19.1. The molecule has 1 saturated carbocycles. The van der Waals surface area contributed by atoms with Crippen LogP contribution in [-0.2, 0) is 16.6 Å². The molecular weight excluding hydrogens is 436 g/mol. The van der Waals surface area contributed by atoms with E-state index < -0.39 is 24.0 Å². The quantitative estimate of drug-likeness (QED) is 0.543. The monoisotopic (exact) mass is 457 g/mol. The number of aryl methyl sites for hydroxylation is 1. The predicted octanol–water partition coefficient (Wildman–Crippen LogP) is 3.45. The summed E-state index contributed by atoms with van der Waals surface area (Å²) in [4.78, 5) is 32.0. The number of carbonyl (C=O) groups excluding carboxylic acids is 2. The van der Waals surface area contributed by atoms with Crippen molar-refractivity contribution >= 4 is 23.5 Å². The molecule has 2 unspecified atom stereocenters. The van der Waals surface area contributed by atoms with Crippen LogP contribution in [0.4, 0.5) is 25.1 Å². The lowest BCUT2D eigenvalue weighted by molar-refractivity contribution is -0.117.